The Morgan fingerprint density at radius 1 is 1.00 bits per heavy atom. The predicted molar refractivity (Wildman–Crippen MR) is 83.5 cm³/mol. The molecule has 19 heavy (non-hydrogen) atoms. The second kappa shape index (κ2) is 10.0. The molecule has 0 aliphatic rings. The molecular weight excluding hydrogens is 232 g/mol. The Morgan fingerprint density at radius 2 is 1.68 bits per heavy atom. The molecule has 0 aliphatic heterocycles. The molecule has 0 heterocycles. The minimum atomic E-state index is 0.323. The van der Waals surface area contributed by atoms with Crippen LogP contribution in [0, 0.1) is 12.8 Å². The average Bonchev–Trinajstić information content (AvgIpc) is 2.43. The summed E-state index contributed by atoms with van der Waals surface area (Å²) in [5, 5.41) is 9.52. The summed E-state index contributed by atoms with van der Waals surface area (Å²) in [6.45, 7) is 4.74. The molecule has 1 unspecified atom stereocenters. The monoisotopic (exact) mass is 262 g/mol. The number of aliphatic hydroxyl groups excluding tert-OH is 1. The number of aliphatic hydroxyl groups is 1. The Bertz CT molecular complexity index is 332. The van der Waals surface area contributed by atoms with Gasteiger partial charge >= 0.3 is 0 Å². The van der Waals surface area contributed by atoms with E-state index in [1.54, 1.807) is 0 Å². The SMILES string of the molecule is CCCCCCCCC(CO)Cc1ccccc1C. The van der Waals surface area contributed by atoms with Gasteiger partial charge in [-0.3, -0.25) is 0 Å². The molecule has 0 saturated heterocycles. The Morgan fingerprint density at radius 3 is 2.37 bits per heavy atom. The second-order valence-corrected chi connectivity index (χ2v) is 5.74. The summed E-state index contributed by atoms with van der Waals surface area (Å²) in [4.78, 5) is 0. The van der Waals surface area contributed by atoms with Crippen LogP contribution >= 0.6 is 0 Å². The second-order valence-electron chi connectivity index (χ2n) is 5.74. The first kappa shape index (κ1) is 16.2. The highest BCUT2D eigenvalue weighted by Crippen LogP contribution is 2.18. The molecule has 0 bridgehead atoms. The normalized spacial score (nSPS) is 12.6. The van der Waals surface area contributed by atoms with Crippen LogP contribution in [0.4, 0.5) is 0 Å². The van der Waals surface area contributed by atoms with E-state index in [1.165, 1.54) is 49.7 Å². The molecule has 1 aromatic carbocycles. The van der Waals surface area contributed by atoms with Gasteiger partial charge < -0.3 is 5.11 Å². The Hall–Kier alpha value is -0.820. The van der Waals surface area contributed by atoms with E-state index in [0.717, 1.165) is 12.8 Å². The van der Waals surface area contributed by atoms with Crippen molar-refractivity contribution in [2.24, 2.45) is 5.92 Å². The van der Waals surface area contributed by atoms with Crippen molar-refractivity contribution in [2.75, 3.05) is 6.61 Å². The highest BCUT2D eigenvalue weighted by Gasteiger charge is 2.09. The van der Waals surface area contributed by atoms with Crippen LogP contribution in [-0.4, -0.2) is 11.7 Å². The minimum absolute atomic E-state index is 0.323. The molecular formula is C18H30O. The van der Waals surface area contributed by atoms with Gasteiger partial charge in [0.15, 0.2) is 0 Å². The van der Waals surface area contributed by atoms with Crippen molar-refractivity contribution in [1.82, 2.24) is 0 Å². The highest BCUT2D eigenvalue weighted by atomic mass is 16.3. The third kappa shape index (κ3) is 6.77. The number of benzene rings is 1. The van der Waals surface area contributed by atoms with Crippen molar-refractivity contribution in [3.8, 4) is 0 Å². The zero-order chi connectivity index (χ0) is 13.9. The lowest BCUT2D eigenvalue weighted by atomic mass is 9.92. The van der Waals surface area contributed by atoms with E-state index in [9.17, 15) is 5.11 Å². The van der Waals surface area contributed by atoms with Crippen LogP contribution in [0.3, 0.4) is 0 Å². The van der Waals surface area contributed by atoms with E-state index in [4.69, 9.17) is 0 Å². The third-order valence-corrected chi connectivity index (χ3v) is 3.99. The Kier molecular flexibility index (Phi) is 8.57. The molecule has 1 atom stereocenters. The van der Waals surface area contributed by atoms with E-state index >= 15 is 0 Å². The van der Waals surface area contributed by atoms with Crippen molar-refractivity contribution >= 4 is 0 Å². The lowest BCUT2D eigenvalue weighted by Gasteiger charge is -2.15. The van der Waals surface area contributed by atoms with E-state index in [2.05, 4.69) is 38.1 Å². The van der Waals surface area contributed by atoms with Crippen LogP contribution in [-0.2, 0) is 6.42 Å². The van der Waals surface area contributed by atoms with Crippen molar-refractivity contribution in [3.63, 3.8) is 0 Å². The Labute approximate surface area is 119 Å². The molecule has 0 saturated carbocycles. The topological polar surface area (TPSA) is 20.2 Å². The van der Waals surface area contributed by atoms with E-state index in [1.807, 2.05) is 0 Å². The summed E-state index contributed by atoms with van der Waals surface area (Å²) in [5.41, 5.74) is 2.75. The van der Waals surface area contributed by atoms with Crippen LogP contribution in [0.1, 0.15) is 63.0 Å². The molecule has 108 valence electrons. The summed E-state index contributed by atoms with van der Waals surface area (Å²) in [6, 6.07) is 8.54. The maximum absolute atomic E-state index is 9.52. The number of aryl methyl sites for hydroxylation is 1. The van der Waals surface area contributed by atoms with Gasteiger partial charge in [0.2, 0.25) is 0 Å². The first-order valence-electron chi connectivity index (χ1n) is 7.93. The van der Waals surface area contributed by atoms with Crippen LogP contribution in [0.25, 0.3) is 0 Å². The van der Waals surface area contributed by atoms with Crippen LogP contribution in [0.2, 0.25) is 0 Å². The number of unbranched alkanes of at least 4 members (excludes halogenated alkanes) is 5. The van der Waals surface area contributed by atoms with Gasteiger partial charge in [-0.25, -0.2) is 0 Å². The maximum atomic E-state index is 9.52. The number of hydrogen-bond donors (Lipinski definition) is 1. The molecule has 0 radical (unpaired) electrons. The fourth-order valence-corrected chi connectivity index (χ4v) is 2.62. The van der Waals surface area contributed by atoms with Crippen LogP contribution in [0.5, 0.6) is 0 Å². The van der Waals surface area contributed by atoms with Crippen molar-refractivity contribution in [3.05, 3.63) is 35.4 Å². The molecule has 0 spiro atoms. The number of rotatable bonds is 10. The fourth-order valence-electron chi connectivity index (χ4n) is 2.62. The Balaban J connectivity index is 2.24. The van der Waals surface area contributed by atoms with Crippen LogP contribution < -0.4 is 0 Å². The smallest absolute Gasteiger partial charge is 0.0462 e. The summed E-state index contributed by atoms with van der Waals surface area (Å²) in [7, 11) is 0. The lowest BCUT2D eigenvalue weighted by Crippen LogP contribution is -2.10. The zero-order valence-corrected chi connectivity index (χ0v) is 12.7. The zero-order valence-electron chi connectivity index (χ0n) is 12.7. The van der Waals surface area contributed by atoms with Crippen molar-refractivity contribution in [1.29, 1.82) is 0 Å². The molecule has 0 aromatic heterocycles. The molecule has 1 N–H and O–H groups in total. The average molecular weight is 262 g/mol. The fraction of sp³-hybridized carbons (Fsp3) is 0.667. The molecule has 0 amide bonds. The molecule has 0 aliphatic carbocycles. The minimum Gasteiger partial charge on any atom is -0.396 e. The standard InChI is InChI=1S/C18H30O/c1-3-4-5-6-7-8-12-17(15-19)14-18-13-10-9-11-16(18)2/h9-11,13,17,19H,3-8,12,14-15H2,1-2H3. The van der Waals surface area contributed by atoms with Gasteiger partial charge in [0.25, 0.3) is 0 Å². The summed E-state index contributed by atoms with van der Waals surface area (Å²) < 4.78 is 0. The van der Waals surface area contributed by atoms with Gasteiger partial charge in [0.1, 0.15) is 0 Å². The van der Waals surface area contributed by atoms with E-state index < -0.39 is 0 Å². The van der Waals surface area contributed by atoms with Gasteiger partial charge in [-0.1, -0.05) is 69.7 Å². The molecule has 1 rings (SSSR count). The summed E-state index contributed by atoms with van der Waals surface area (Å²) >= 11 is 0. The lowest BCUT2D eigenvalue weighted by molar-refractivity contribution is 0.214. The largest absolute Gasteiger partial charge is 0.396 e. The molecule has 0 fully saturated rings. The first-order valence-corrected chi connectivity index (χ1v) is 7.93. The highest BCUT2D eigenvalue weighted by molar-refractivity contribution is 5.25. The van der Waals surface area contributed by atoms with E-state index in [-0.39, 0.29) is 0 Å². The van der Waals surface area contributed by atoms with Gasteiger partial charge in [0.05, 0.1) is 0 Å². The molecule has 1 aromatic rings. The number of hydrogen-bond acceptors (Lipinski definition) is 1. The summed E-state index contributed by atoms with van der Waals surface area (Å²) in [6.07, 6.45) is 10.2. The summed E-state index contributed by atoms with van der Waals surface area (Å²) in [5.74, 6) is 0.437. The quantitative estimate of drug-likeness (QED) is 0.595. The van der Waals surface area contributed by atoms with Crippen molar-refractivity contribution in [2.45, 2.75) is 65.2 Å². The van der Waals surface area contributed by atoms with Gasteiger partial charge in [-0.05, 0) is 36.8 Å². The van der Waals surface area contributed by atoms with Crippen molar-refractivity contribution < 1.29 is 5.11 Å². The van der Waals surface area contributed by atoms with E-state index in [0.29, 0.717) is 12.5 Å². The van der Waals surface area contributed by atoms with Crippen LogP contribution in [0.15, 0.2) is 24.3 Å². The predicted octanol–water partition coefficient (Wildman–Crippen LogP) is 4.90. The first-order chi connectivity index (χ1) is 9.27. The van der Waals surface area contributed by atoms with Gasteiger partial charge in [0, 0.05) is 6.61 Å². The van der Waals surface area contributed by atoms with Gasteiger partial charge in [-0.2, -0.15) is 0 Å². The van der Waals surface area contributed by atoms with Gasteiger partial charge in [-0.15, -0.1) is 0 Å². The molecule has 1 heteroatoms. The maximum Gasteiger partial charge on any atom is 0.0462 e. The molecule has 1 nitrogen and oxygen atoms in total. The third-order valence-electron chi connectivity index (χ3n) is 3.99.